The number of hydrogen-bond acceptors (Lipinski definition) is 3. The second-order valence-electron chi connectivity index (χ2n) is 4.67. The molecule has 0 aliphatic heterocycles. The first-order chi connectivity index (χ1) is 8.78. The summed E-state index contributed by atoms with van der Waals surface area (Å²) in [5, 5.41) is 10.0. The third-order valence-electron chi connectivity index (χ3n) is 2.75. The van der Waals surface area contributed by atoms with E-state index in [-0.39, 0.29) is 0 Å². The second-order valence-corrected chi connectivity index (χ2v) is 5.61. The summed E-state index contributed by atoms with van der Waals surface area (Å²) in [7, 11) is 0. The average Bonchev–Trinajstić information content (AvgIpc) is 3.06. The van der Waals surface area contributed by atoms with E-state index in [1.807, 2.05) is 6.92 Å². The number of aryl methyl sites for hydroxylation is 2. The summed E-state index contributed by atoms with van der Waals surface area (Å²) >= 11 is 1.75. The molecule has 1 heterocycles. The Morgan fingerprint density at radius 1 is 1.56 bits per heavy atom. The van der Waals surface area contributed by atoms with E-state index in [1.165, 1.54) is 17.8 Å². The Morgan fingerprint density at radius 3 is 3.00 bits per heavy atom. The Kier molecular flexibility index (Phi) is 4.99. The first-order valence-corrected chi connectivity index (χ1v) is 7.61. The molecule has 0 spiro atoms. The van der Waals surface area contributed by atoms with Crippen LogP contribution in [0.3, 0.4) is 0 Å². The van der Waals surface area contributed by atoms with E-state index in [0.717, 1.165) is 37.6 Å². The molecule has 1 aromatic rings. The fourth-order valence-electron chi connectivity index (χ4n) is 1.68. The van der Waals surface area contributed by atoms with Crippen LogP contribution in [0.2, 0.25) is 0 Å². The van der Waals surface area contributed by atoms with E-state index in [4.69, 9.17) is 0 Å². The molecular formula is C13H22N4S. The topological polar surface area (TPSA) is 49.3 Å². The van der Waals surface area contributed by atoms with Crippen LogP contribution in [0, 0.1) is 6.92 Å². The zero-order valence-corrected chi connectivity index (χ0v) is 12.0. The number of thiazole rings is 1. The van der Waals surface area contributed by atoms with Crippen LogP contribution in [0.5, 0.6) is 0 Å². The van der Waals surface area contributed by atoms with Crippen molar-refractivity contribution in [3.63, 3.8) is 0 Å². The van der Waals surface area contributed by atoms with Crippen molar-refractivity contribution in [1.82, 2.24) is 15.6 Å². The summed E-state index contributed by atoms with van der Waals surface area (Å²) in [5.74, 6) is 0.968. The van der Waals surface area contributed by atoms with Crippen LogP contribution < -0.4 is 10.6 Å². The van der Waals surface area contributed by atoms with Gasteiger partial charge in [0.25, 0.3) is 0 Å². The van der Waals surface area contributed by atoms with Crippen molar-refractivity contribution >= 4 is 17.3 Å². The van der Waals surface area contributed by atoms with E-state index in [2.05, 4.69) is 32.9 Å². The maximum atomic E-state index is 4.59. The molecule has 0 radical (unpaired) electrons. The predicted octanol–water partition coefficient (Wildman–Crippen LogP) is 2.10. The van der Waals surface area contributed by atoms with E-state index in [9.17, 15) is 0 Å². The van der Waals surface area contributed by atoms with Crippen LogP contribution in [0.25, 0.3) is 0 Å². The number of hydrogen-bond donors (Lipinski definition) is 2. The van der Waals surface area contributed by atoms with Crippen LogP contribution in [0.4, 0.5) is 0 Å². The van der Waals surface area contributed by atoms with Gasteiger partial charge in [-0.1, -0.05) is 0 Å². The zero-order valence-electron chi connectivity index (χ0n) is 11.2. The number of guanidine groups is 1. The van der Waals surface area contributed by atoms with Crippen molar-refractivity contribution < 1.29 is 0 Å². The summed E-state index contributed by atoms with van der Waals surface area (Å²) < 4.78 is 0. The minimum absolute atomic E-state index is 0.657. The largest absolute Gasteiger partial charge is 0.357 e. The second kappa shape index (κ2) is 6.73. The fourth-order valence-corrected chi connectivity index (χ4v) is 2.50. The normalized spacial score (nSPS) is 15.8. The Labute approximate surface area is 113 Å². The number of aromatic nitrogens is 1. The van der Waals surface area contributed by atoms with Crippen LogP contribution >= 0.6 is 11.3 Å². The molecule has 5 heteroatoms. The van der Waals surface area contributed by atoms with Gasteiger partial charge in [-0.2, -0.15) is 0 Å². The molecule has 1 aromatic heterocycles. The highest BCUT2D eigenvalue weighted by molar-refractivity contribution is 7.09. The standard InChI is InChI=1S/C13H22N4S/c1-3-14-13(17-11-6-7-11)15-8-4-5-12-16-10(2)9-18-12/h9,11H,3-8H2,1-2H3,(H2,14,15,17). The first kappa shape index (κ1) is 13.3. The molecule has 18 heavy (non-hydrogen) atoms. The van der Waals surface area contributed by atoms with Gasteiger partial charge in [0.1, 0.15) is 0 Å². The third kappa shape index (κ3) is 4.64. The lowest BCUT2D eigenvalue weighted by Gasteiger charge is -2.09. The predicted molar refractivity (Wildman–Crippen MR) is 77.3 cm³/mol. The molecule has 1 aliphatic rings. The van der Waals surface area contributed by atoms with Gasteiger partial charge in [-0.05, 0) is 33.1 Å². The van der Waals surface area contributed by atoms with Crippen LogP contribution in [0.1, 0.15) is 36.9 Å². The lowest BCUT2D eigenvalue weighted by molar-refractivity contribution is 0.779. The minimum Gasteiger partial charge on any atom is -0.357 e. The molecule has 1 aliphatic carbocycles. The number of nitrogens with zero attached hydrogens (tertiary/aromatic N) is 2. The Bertz CT molecular complexity index is 395. The molecule has 1 fully saturated rings. The highest BCUT2D eigenvalue weighted by Gasteiger charge is 2.21. The summed E-state index contributed by atoms with van der Waals surface area (Å²) in [6, 6.07) is 0.657. The molecule has 2 rings (SSSR count). The minimum atomic E-state index is 0.657. The SMILES string of the molecule is CCNC(=NCCCc1nc(C)cs1)NC1CC1. The van der Waals surface area contributed by atoms with Gasteiger partial charge in [-0.15, -0.1) is 11.3 Å². The highest BCUT2D eigenvalue weighted by atomic mass is 32.1. The monoisotopic (exact) mass is 266 g/mol. The molecule has 1 saturated carbocycles. The van der Waals surface area contributed by atoms with Crippen LogP contribution in [0.15, 0.2) is 10.4 Å². The van der Waals surface area contributed by atoms with Gasteiger partial charge in [-0.25, -0.2) is 4.98 Å². The van der Waals surface area contributed by atoms with E-state index < -0.39 is 0 Å². The number of rotatable bonds is 6. The quantitative estimate of drug-likeness (QED) is 0.471. The third-order valence-corrected chi connectivity index (χ3v) is 3.77. The molecule has 0 amide bonds. The molecule has 0 atom stereocenters. The lowest BCUT2D eigenvalue weighted by Crippen LogP contribution is -2.38. The smallest absolute Gasteiger partial charge is 0.191 e. The number of aliphatic imine (C=N–C) groups is 1. The summed E-state index contributed by atoms with van der Waals surface area (Å²) in [6.45, 7) is 5.92. The molecule has 0 unspecified atom stereocenters. The summed E-state index contributed by atoms with van der Waals surface area (Å²) in [4.78, 5) is 9.05. The Balaban J connectivity index is 1.70. The summed E-state index contributed by atoms with van der Waals surface area (Å²) in [6.07, 6.45) is 4.66. The Morgan fingerprint density at radius 2 is 2.39 bits per heavy atom. The molecule has 2 N–H and O–H groups in total. The van der Waals surface area contributed by atoms with Crippen molar-refractivity contribution in [3.05, 3.63) is 16.1 Å². The molecular weight excluding hydrogens is 244 g/mol. The van der Waals surface area contributed by atoms with Crippen molar-refractivity contribution in [3.8, 4) is 0 Å². The lowest BCUT2D eigenvalue weighted by atomic mass is 10.3. The van der Waals surface area contributed by atoms with Gasteiger partial charge >= 0.3 is 0 Å². The maximum Gasteiger partial charge on any atom is 0.191 e. The van der Waals surface area contributed by atoms with Gasteiger partial charge in [0.2, 0.25) is 0 Å². The van der Waals surface area contributed by atoms with E-state index in [0.29, 0.717) is 6.04 Å². The molecule has 0 aromatic carbocycles. The van der Waals surface area contributed by atoms with Crippen molar-refractivity contribution in [1.29, 1.82) is 0 Å². The van der Waals surface area contributed by atoms with Crippen LogP contribution in [-0.2, 0) is 6.42 Å². The molecule has 0 saturated heterocycles. The summed E-state index contributed by atoms with van der Waals surface area (Å²) in [5.41, 5.74) is 1.13. The van der Waals surface area contributed by atoms with Gasteiger partial charge < -0.3 is 10.6 Å². The molecule has 4 nitrogen and oxygen atoms in total. The van der Waals surface area contributed by atoms with Crippen molar-refractivity contribution in [2.75, 3.05) is 13.1 Å². The van der Waals surface area contributed by atoms with Gasteiger partial charge in [0.05, 0.1) is 5.01 Å². The molecule has 0 bridgehead atoms. The van der Waals surface area contributed by atoms with Gasteiger partial charge in [-0.3, -0.25) is 4.99 Å². The Hall–Kier alpha value is -1.10. The number of nitrogens with one attached hydrogen (secondary N) is 2. The average molecular weight is 266 g/mol. The van der Waals surface area contributed by atoms with Gasteiger partial charge in [0, 0.05) is 36.6 Å². The van der Waals surface area contributed by atoms with Crippen molar-refractivity contribution in [2.45, 2.75) is 45.6 Å². The van der Waals surface area contributed by atoms with Gasteiger partial charge in [0.15, 0.2) is 5.96 Å². The van der Waals surface area contributed by atoms with E-state index >= 15 is 0 Å². The highest BCUT2D eigenvalue weighted by Crippen LogP contribution is 2.18. The molecule has 100 valence electrons. The zero-order chi connectivity index (χ0) is 12.8. The maximum absolute atomic E-state index is 4.59. The van der Waals surface area contributed by atoms with Crippen LogP contribution in [-0.4, -0.2) is 30.1 Å². The fraction of sp³-hybridized carbons (Fsp3) is 0.692. The first-order valence-electron chi connectivity index (χ1n) is 6.73. The van der Waals surface area contributed by atoms with Crippen molar-refractivity contribution in [2.24, 2.45) is 4.99 Å². The van der Waals surface area contributed by atoms with E-state index in [1.54, 1.807) is 11.3 Å².